The zero-order chi connectivity index (χ0) is 10.8. The molecule has 0 atom stereocenters. The third kappa shape index (κ3) is 2.38. The van der Waals surface area contributed by atoms with Crippen molar-refractivity contribution < 1.29 is 9.21 Å². The third-order valence-corrected chi connectivity index (χ3v) is 3.75. The van der Waals surface area contributed by atoms with Gasteiger partial charge in [0.1, 0.15) is 5.76 Å². The predicted octanol–water partition coefficient (Wildman–Crippen LogP) is 3.84. The monoisotopic (exact) mass is 284 g/mol. The van der Waals surface area contributed by atoms with E-state index in [1.54, 1.807) is 30.6 Å². The van der Waals surface area contributed by atoms with Crippen molar-refractivity contribution in [1.82, 2.24) is 0 Å². The van der Waals surface area contributed by atoms with Crippen LogP contribution in [0.25, 0.3) is 0 Å². The molecule has 4 heteroatoms. The third-order valence-electron chi connectivity index (χ3n) is 2.12. The van der Waals surface area contributed by atoms with Crippen molar-refractivity contribution in [2.24, 2.45) is 0 Å². The number of rotatable bonds is 3. The van der Waals surface area contributed by atoms with Crippen LogP contribution in [0.15, 0.2) is 32.7 Å². The predicted molar refractivity (Wildman–Crippen MR) is 63.5 cm³/mol. The molecule has 0 aliphatic carbocycles. The van der Waals surface area contributed by atoms with E-state index in [-0.39, 0.29) is 5.78 Å². The highest BCUT2D eigenvalue weighted by Crippen LogP contribution is 2.23. The minimum atomic E-state index is 0.107. The number of Topliss-reactive ketones (excluding diaryl/α,β-unsaturated/α-hetero) is 1. The number of ketones is 1. The minimum Gasteiger partial charge on any atom is -0.469 e. The molecule has 0 saturated carbocycles. The Hall–Kier alpha value is -0.870. The number of hydrogen-bond donors (Lipinski definition) is 0. The smallest absolute Gasteiger partial charge is 0.171 e. The van der Waals surface area contributed by atoms with E-state index in [4.69, 9.17) is 4.42 Å². The summed E-state index contributed by atoms with van der Waals surface area (Å²) in [6, 6.07) is 5.64. The lowest BCUT2D eigenvalue weighted by Crippen LogP contribution is -2.02. The Bertz CT molecular complexity index is 484. The topological polar surface area (TPSA) is 30.2 Å². The van der Waals surface area contributed by atoms with Crippen LogP contribution in [0, 0.1) is 6.92 Å². The summed E-state index contributed by atoms with van der Waals surface area (Å²) < 4.78 is 6.15. The van der Waals surface area contributed by atoms with Gasteiger partial charge < -0.3 is 4.42 Å². The lowest BCUT2D eigenvalue weighted by atomic mass is 10.1. The number of carbonyl (C=O) groups is 1. The molecule has 0 aliphatic heterocycles. The first-order chi connectivity index (χ1) is 7.16. The fraction of sp³-hybridized carbons (Fsp3) is 0.182. The molecule has 0 aliphatic rings. The molecule has 0 aromatic carbocycles. The maximum Gasteiger partial charge on any atom is 0.171 e. The van der Waals surface area contributed by atoms with Gasteiger partial charge in [0, 0.05) is 11.3 Å². The van der Waals surface area contributed by atoms with Gasteiger partial charge in [-0.2, -0.15) is 0 Å². The fourth-order valence-electron chi connectivity index (χ4n) is 1.37. The fourth-order valence-corrected chi connectivity index (χ4v) is 2.86. The molecule has 2 rings (SSSR count). The van der Waals surface area contributed by atoms with E-state index in [0.717, 1.165) is 8.66 Å². The molecule has 2 heterocycles. The van der Waals surface area contributed by atoms with E-state index in [2.05, 4.69) is 15.9 Å². The zero-order valence-corrected chi connectivity index (χ0v) is 10.5. The molecule has 2 aromatic heterocycles. The van der Waals surface area contributed by atoms with Crippen LogP contribution in [-0.4, -0.2) is 5.78 Å². The number of carbonyl (C=O) groups excluding carboxylic acids is 1. The van der Waals surface area contributed by atoms with Gasteiger partial charge in [0.2, 0.25) is 0 Å². The zero-order valence-electron chi connectivity index (χ0n) is 8.12. The van der Waals surface area contributed by atoms with E-state index in [1.165, 1.54) is 0 Å². The van der Waals surface area contributed by atoms with Crippen LogP contribution in [-0.2, 0) is 6.42 Å². The van der Waals surface area contributed by atoms with Crippen LogP contribution >= 0.6 is 27.3 Å². The van der Waals surface area contributed by atoms with E-state index >= 15 is 0 Å². The molecular formula is C11H9BrO2S. The van der Waals surface area contributed by atoms with Crippen LogP contribution in [0.1, 0.15) is 21.0 Å². The number of thiophene rings is 1. The average molecular weight is 285 g/mol. The second-order valence-corrected chi connectivity index (χ2v) is 5.74. The molecule has 0 amide bonds. The molecule has 2 aromatic rings. The van der Waals surface area contributed by atoms with Crippen molar-refractivity contribution in [1.29, 1.82) is 0 Å². The highest BCUT2D eigenvalue weighted by Gasteiger charge is 2.12. The van der Waals surface area contributed by atoms with Gasteiger partial charge in [0.05, 0.1) is 15.6 Å². The second-order valence-electron chi connectivity index (χ2n) is 3.20. The Balaban J connectivity index is 2.14. The van der Waals surface area contributed by atoms with Gasteiger partial charge in [-0.05, 0) is 41.1 Å². The van der Waals surface area contributed by atoms with Crippen molar-refractivity contribution in [2.75, 3.05) is 0 Å². The first-order valence-electron chi connectivity index (χ1n) is 4.48. The number of halogens is 1. The number of hydrogen-bond acceptors (Lipinski definition) is 3. The standard InChI is InChI=1S/C11H9BrO2S/c1-7-9(4-5-14-7)10(13)6-8-2-3-11(12)15-8/h2-5H,6H2,1H3. The molecule has 0 radical (unpaired) electrons. The summed E-state index contributed by atoms with van der Waals surface area (Å²) in [4.78, 5) is 12.9. The highest BCUT2D eigenvalue weighted by molar-refractivity contribution is 9.11. The lowest BCUT2D eigenvalue weighted by molar-refractivity contribution is 0.0992. The average Bonchev–Trinajstić information content (AvgIpc) is 2.75. The van der Waals surface area contributed by atoms with Crippen LogP contribution in [0.5, 0.6) is 0 Å². The van der Waals surface area contributed by atoms with Gasteiger partial charge >= 0.3 is 0 Å². The Morgan fingerprint density at radius 2 is 2.27 bits per heavy atom. The largest absolute Gasteiger partial charge is 0.469 e. The van der Waals surface area contributed by atoms with Gasteiger partial charge in [-0.3, -0.25) is 4.79 Å². The van der Waals surface area contributed by atoms with Gasteiger partial charge in [-0.1, -0.05) is 0 Å². The van der Waals surface area contributed by atoms with Crippen molar-refractivity contribution in [3.63, 3.8) is 0 Å². The summed E-state index contributed by atoms with van der Waals surface area (Å²) in [5.74, 6) is 0.797. The van der Waals surface area contributed by atoms with Crippen molar-refractivity contribution >= 4 is 33.0 Å². The van der Waals surface area contributed by atoms with E-state index in [1.807, 2.05) is 12.1 Å². The molecule has 0 fully saturated rings. The lowest BCUT2D eigenvalue weighted by Gasteiger charge is -1.96. The minimum absolute atomic E-state index is 0.107. The number of furan rings is 1. The van der Waals surface area contributed by atoms with Gasteiger partial charge in [-0.25, -0.2) is 0 Å². The Labute approximate surface area is 100 Å². The maximum atomic E-state index is 11.8. The normalized spacial score (nSPS) is 10.5. The van der Waals surface area contributed by atoms with E-state index in [0.29, 0.717) is 17.7 Å². The Morgan fingerprint density at radius 1 is 1.47 bits per heavy atom. The van der Waals surface area contributed by atoms with Crippen LogP contribution in [0.2, 0.25) is 0 Å². The van der Waals surface area contributed by atoms with Crippen LogP contribution in [0.3, 0.4) is 0 Å². The molecule has 0 spiro atoms. The molecule has 0 saturated heterocycles. The molecule has 0 unspecified atom stereocenters. The molecular weight excluding hydrogens is 276 g/mol. The Kier molecular flexibility index (Phi) is 3.07. The summed E-state index contributed by atoms with van der Waals surface area (Å²) >= 11 is 4.96. The summed E-state index contributed by atoms with van der Waals surface area (Å²) in [5, 5.41) is 0. The van der Waals surface area contributed by atoms with Crippen molar-refractivity contribution in [3.05, 3.63) is 44.4 Å². The number of aryl methyl sites for hydroxylation is 1. The first kappa shape index (κ1) is 10.6. The summed E-state index contributed by atoms with van der Waals surface area (Å²) in [7, 11) is 0. The van der Waals surface area contributed by atoms with Gasteiger partial charge in [0.15, 0.2) is 5.78 Å². The summed E-state index contributed by atoms with van der Waals surface area (Å²) in [5.41, 5.74) is 0.680. The van der Waals surface area contributed by atoms with Crippen LogP contribution in [0.4, 0.5) is 0 Å². The molecule has 15 heavy (non-hydrogen) atoms. The van der Waals surface area contributed by atoms with Crippen molar-refractivity contribution in [3.8, 4) is 0 Å². The molecule has 78 valence electrons. The summed E-state index contributed by atoms with van der Waals surface area (Å²) in [6.07, 6.45) is 1.99. The van der Waals surface area contributed by atoms with E-state index < -0.39 is 0 Å². The van der Waals surface area contributed by atoms with Crippen LogP contribution < -0.4 is 0 Å². The maximum absolute atomic E-state index is 11.8. The quantitative estimate of drug-likeness (QED) is 0.802. The molecule has 0 bridgehead atoms. The van der Waals surface area contributed by atoms with E-state index in [9.17, 15) is 4.79 Å². The highest BCUT2D eigenvalue weighted by atomic mass is 79.9. The van der Waals surface area contributed by atoms with Gasteiger partial charge in [-0.15, -0.1) is 11.3 Å². The summed E-state index contributed by atoms with van der Waals surface area (Å²) in [6.45, 7) is 1.80. The molecule has 0 N–H and O–H groups in total. The SMILES string of the molecule is Cc1occc1C(=O)Cc1ccc(Br)s1. The Morgan fingerprint density at radius 3 is 2.80 bits per heavy atom. The molecule has 2 nitrogen and oxygen atoms in total. The first-order valence-corrected chi connectivity index (χ1v) is 6.09. The van der Waals surface area contributed by atoms with Gasteiger partial charge in [0.25, 0.3) is 0 Å². The second kappa shape index (κ2) is 4.33. The van der Waals surface area contributed by atoms with Crippen molar-refractivity contribution in [2.45, 2.75) is 13.3 Å².